The maximum Gasteiger partial charge on any atom is 0.153 e. The molecule has 4 rings (SSSR count). The minimum atomic E-state index is 0.625. The Labute approximate surface area is 139 Å². The van der Waals surface area contributed by atoms with Crippen LogP contribution in [-0.4, -0.2) is 5.94 Å². The number of ether oxygens (including phenoxy) is 2. The second-order valence-corrected chi connectivity index (χ2v) is 5.86. The lowest BCUT2D eigenvalue weighted by Gasteiger charge is -2.21. The first-order valence-electron chi connectivity index (χ1n) is 7.37. The van der Waals surface area contributed by atoms with Crippen molar-refractivity contribution in [3.63, 3.8) is 0 Å². The molecule has 0 saturated carbocycles. The van der Waals surface area contributed by atoms with E-state index in [0.29, 0.717) is 5.94 Å². The third kappa shape index (κ3) is 2.98. The van der Waals surface area contributed by atoms with Gasteiger partial charge in [0.1, 0.15) is 17.2 Å². The van der Waals surface area contributed by atoms with Crippen LogP contribution < -0.4 is 14.2 Å². The van der Waals surface area contributed by atoms with Gasteiger partial charge in [0, 0.05) is 5.56 Å². The topological polar surface area (TPSA) is 30.5 Å². The summed E-state index contributed by atoms with van der Waals surface area (Å²) in [6.07, 6.45) is 0. The van der Waals surface area contributed by atoms with E-state index in [1.165, 1.54) is 0 Å². The van der Waals surface area contributed by atoms with Crippen LogP contribution in [0.1, 0.15) is 0 Å². The minimum Gasteiger partial charge on any atom is -0.479 e. The van der Waals surface area contributed by atoms with Crippen molar-refractivity contribution in [2.45, 2.75) is 0 Å². The van der Waals surface area contributed by atoms with Gasteiger partial charge in [0.25, 0.3) is 0 Å². The fourth-order valence-corrected chi connectivity index (χ4v) is 3.12. The van der Waals surface area contributed by atoms with E-state index in [9.17, 15) is 0 Å². The summed E-state index contributed by atoms with van der Waals surface area (Å²) >= 11 is 1.55. The summed E-state index contributed by atoms with van der Waals surface area (Å²) in [5.41, 5.74) is 3.28. The Hall–Kier alpha value is -2.59. The second-order valence-electron chi connectivity index (χ2n) is 5.13. The smallest absolute Gasteiger partial charge is 0.153 e. The molecule has 0 aliphatic carbocycles. The standard InChI is InChI=1S/C19H15NO2S/c1-2-5-15(6-3-1)22-16-11-9-14(10-12-16)17-7-4-8-18-19(17)20-23-13-21-18/h1-12,20H,13H2. The Kier molecular flexibility index (Phi) is 3.82. The summed E-state index contributed by atoms with van der Waals surface area (Å²) in [5, 5.41) is 0. The summed E-state index contributed by atoms with van der Waals surface area (Å²) in [7, 11) is 0. The van der Waals surface area contributed by atoms with E-state index in [0.717, 1.165) is 34.1 Å². The molecule has 4 heteroatoms. The van der Waals surface area contributed by atoms with Gasteiger partial charge in [0.15, 0.2) is 5.94 Å². The molecule has 0 unspecified atom stereocenters. The molecular weight excluding hydrogens is 306 g/mol. The molecule has 1 N–H and O–H groups in total. The van der Waals surface area contributed by atoms with Gasteiger partial charge in [-0.15, -0.1) is 0 Å². The van der Waals surface area contributed by atoms with Gasteiger partial charge in [-0.2, -0.15) is 0 Å². The number of rotatable bonds is 3. The predicted molar refractivity (Wildman–Crippen MR) is 95.1 cm³/mol. The maximum atomic E-state index is 5.84. The second kappa shape index (κ2) is 6.26. The molecule has 0 atom stereocenters. The van der Waals surface area contributed by atoms with Crippen LogP contribution in [0, 0.1) is 0 Å². The lowest BCUT2D eigenvalue weighted by Crippen LogP contribution is -2.06. The van der Waals surface area contributed by atoms with Gasteiger partial charge in [0.05, 0.1) is 5.69 Å². The van der Waals surface area contributed by atoms with Crippen LogP contribution in [0.5, 0.6) is 17.2 Å². The number of hydrogen-bond donors (Lipinski definition) is 1. The van der Waals surface area contributed by atoms with Crippen molar-refractivity contribution in [3.05, 3.63) is 72.8 Å². The van der Waals surface area contributed by atoms with Crippen LogP contribution in [0.2, 0.25) is 0 Å². The zero-order valence-electron chi connectivity index (χ0n) is 12.4. The zero-order valence-corrected chi connectivity index (χ0v) is 13.2. The van der Waals surface area contributed by atoms with Gasteiger partial charge in [-0.05, 0) is 47.8 Å². The Morgan fingerprint density at radius 1 is 0.826 bits per heavy atom. The Balaban J connectivity index is 1.61. The molecular formula is C19H15NO2S. The highest BCUT2D eigenvalue weighted by molar-refractivity contribution is 8.00. The van der Waals surface area contributed by atoms with E-state index in [2.05, 4.69) is 22.9 Å². The Bertz CT molecular complexity index is 803. The summed E-state index contributed by atoms with van der Waals surface area (Å²) in [4.78, 5) is 0. The lowest BCUT2D eigenvalue weighted by molar-refractivity contribution is 0.392. The summed E-state index contributed by atoms with van der Waals surface area (Å²) < 4.78 is 14.8. The van der Waals surface area contributed by atoms with Gasteiger partial charge < -0.3 is 14.2 Å². The first kappa shape index (κ1) is 14.0. The number of benzene rings is 3. The summed E-state index contributed by atoms with van der Waals surface area (Å²) in [5.74, 6) is 3.18. The highest BCUT2D eigenvalue weighted by Crippen LogP contribution is 2.40. The fourth-order valence-electron chi connectivity index (χ4n) is 2.52. The predicted octanol–water partition coefficient (Wildman–Crippen LogP) is 5.56. The van der Waals surface area contributed by atoms with Crippen molar-refractivity contribution in [3.8, 4) is 28.4 Å². The molecule has 0 bridgehead atoms. The monoisotopic (exact) mass is 321 g/mol. The highest BCUT2D eigenvalue weighted by atomic mass is 32.2. The SMILES string of the molecule is c1ccc(Oc2ccc(-c3cccc4c3NSCO4)cc2)cc1. The van der Waals surface area contributed by atoms with Crippen LogP contribution in [0.15, 0.2) is 72.8 Å². The van der Waals surface area contributed by atoms with Crippen molar-refractivity contribution >= 4 is 17.6 Å². The fraction of sp³-hybridized carbons (Fsp3) is 0.0526. The van der Waals surface area contributed by atoms with Crippen LogP contribution in [0.25, 0.3) is 11.1 Å². The number of hydrogen-bond acceptors (Lipinski definition) is 4. The molecule has 0 aromatic heterocycles. The lowest BCUT2D eigenvalue weighted by atomic mass is 10.0. The van der Waals surface area contributed by atoms with Crippen LogP contribution in [0.3, 0.4) is 0 Å². The van der Waals surface area contributed by atoms with Crippen LogP contribution in [0.4, 0.5) is 5.69 Å². The molecule has 3 aromatic rings. The van der Waals surface area contributed by atoms with Crippen molar-refractivity contribution in [1.82, 2.24) is 0 Å². The van der Waals surface area contributed by atoms with Gasteiger partial charge in [-0.1, -0.05) is 42.5 Å². The van der Waals surface area contributed by atoms with E-state index in [-0.39, 0.29) is 0 Å². The third-order valence-electron chi connectivity index (χ3n) is 3.62. The first-order chi connectivity index (χ1) is 11.4. The van der Waals surface area contributed by atoms with E-state index in [1.807, 2.05) is 54.6 Å². The third-order valence-corrected chi connectivity index (χ3v) is 4.20. The Morgan fingerprint density at radius 2 is 1.61 bits per heavy atom. The molecule has 0 fully saturated rings. The van der Waals surface area contributed by atoms with Gasteiger partial charge >= 0.3 is 0 Å². The molecule has 0 spiro atoms. The first-order valence-corrected chi connectivity index (χ1v) is 8.36. The van der Waals surface area contributed by atoms with E-state index in [4.69, 9.17) is 9.47 Å². The molecule has 23 heavy (non-hydrogen) atoms. The molecule has 0 saturated heterocycles. The molecule has 3 nitrogen and oxygen atoms in total. The molecule has 114 valence electrons. The van der Waals surface area contributed by atoms with Crippen LogP contribution in [-0.2, 0) is 0 Å². The summed E-state index contributed by atoms with van der Waals surface area (Å²) in [6, 6.07) is 24.0. The summed E-state index contributed by atoms with van der Waals surface area (Å²) in [6.45, 7) is 0. The van der Waals surface area contributed by atoms with Crippen molar-refractivity contribution in [2.75, 3.05) is 10.7 Å². The minimum absolute atomic E-state index is 0.625. The molecule has 0 radical (unpaired) electrons. The molecule has 1 aliphatic rings. The number of fused-ring (bicyclic) bond motifs is 1. The largest absolute Gasteiger partial charge is 0.479 e. The number of para-hydroxylation sites is 2. The zero-order chi connectivity index (χ0) is 15.5. The van der Waals surface area contributed by atoms with Crippen molar-refractivity contribution in [2.24, 2.45) is 0 Å². The molecule has 0 amide bonds. The van der Waals surface area contributed by atoms with Crippen LogP contribution >= 0.6 is 11.9 Å². The van der Waals surface area contributed by atoms with Crippen molar-refractivity contribution < 1.29 is 9.47 Å². The van der Waals surface area contributed by atoms with Crippen molar-refractivity contribution in [1.29, 1.82) is 0 Å². The molecule has 1 aliphatic heterocycles. The van der Waals surface area contributed by atoms with E-state index in [1.54, 1.807) is 11.9 Å². The van der Waals surface area contributed by atoms with Gasteiger partial charge in [-0.25, -0.2) is 0 Å². The van der Waals surface area contributed by atoms with E-state index >= 15 is 0 Å². The number of anilines is 1. The number of nitrogens with one attached hydrogen (secondary N) is 1. The molecule has 3 aromatic carbocycles. The molecule has 1 heterocycles. The average molecular weight is 321 g/mol. The van der Waals surface area contributed by atoms with E-state index < -0.39 is 0 Å². The van der Waals surface area contributed by atoms with Gasteiger partial charge in [-0.3, -0.25) is 0 Å². The normalized spacial score (nSPS) is 12.7. The average Bonchev–Trinajstić information content (AvgIpc) is 2.63. The quantitative estimate of drug-likeness (QED) is 0.640. The highest BCUT2D eigenvalue weighted by Gasteiger charge is 2.15. The van der Waals surface area contributed by atoms with Gasteiger partial charge in [0.2, 0.25) is 0 Å². The Morgan fingerprint density at radius 3 is 2.43 bits per heavy atom. The maximum absolute atomic E-state index is 5.84.